The van der Waals surface area contributed by atoms with Crippen LogP contribution in [0.5, 0.6) is 0 Å². The Labute approximate surface area is 73.5 Å². The molecule has 0 heterocycles. The second kappa shape index (κ2) is 2.34. The van der Waals surface area contributed by atoms with Gasteiger partial charge >= 0.3 is 0 Å². The Kier molecular flexibility index (Phi) is 1.38. The second-order valence-electron chi connectivity index (χ2n) is 5.03. The fourth-order valence-corrected chi connectivity index (χ4v) is 4.17. The van der Waals surface area contributed by atoms with Crippen LogP contribution in [0.2, 0.25) is 0 Å². The summed E-state index contributed by atoms with van der Waals surface area (Å²) >= 11 is 0. The van der Waals surface area contributed by atoms with E-state index in [0.29, 0.717) is 5.92 Å². The van der Waals surface area contributed by atoms with E-state index in [1.165, 1.54) is 38.4 Å². The molecule has 0 spiro atoms. The Morgan fingerprint density at radius 3 is 2.00 bits per heavy atom. The van der Waals surface area contributed by atoms with Crippen LogP contribution in [-0.4, -0.2) is 6.29 Å². The van der Waals surface area contributed by atoms with E-state index in [1.807, 2.05) is 0 Å². The normalized spacial score (nSPS) is 55.8. The lowest BCUT2D eigenvalue weighted by atomic mass is 9.82. The molecule has 66 valence electrons. The lowest BCUT2D eigenvalue weighted by molar-refractivity contribution is -0.111. The van der Waals surface area contributed by atoms with Crippen molar-refractivity contribution in [1.29, 1.82) is 0 Å². The maximum absolute atomic E-state index is 10.7. The molecule has 0 amide bonds. The van der Waals surface area contributed by atoms with E-state index < -0.39 is 0 Å². The summed E-state index contributed by atoms with van der Waals surface area (Å²) in [6.45, 7) is 0. The Hall–Kier alpha value is -0.330. The summed E-state index contributed by atoms with van der Waals surface area (Å²) in [7, 11) is 0. The first-order valence-electron chi connectivity index (χ1n) is 5.34. The third-order valence-electron chi connectivity index (χ3n) is 4.62. The molecule has 0 N–H and O–H groups in total. The molecule has 0 aliphatic heterocycles. The molecule has 0 radical (unpaired) electrons. The molecule has 0 aromatic carbocycles. The summed E-state index contributed by atoms with van der Waals surface area (Å²) in [4.78, 5) is 10.7. The number of carbonyl (C=O) groups is 1. The summed E-state index contributed by atoms with van der Waals surface area (Å²) < 4.78 is 0. The SMILES string of the molecule is O=CC1C[C@@H]2[C@@H]3CC[C@@H](C3)[C@H]2C1. The number of hydrogen-bond acceptors (Lipinski definition) is 1. The van der Waals surface area contributed by atoms with Crippen molar-refractivity contribution in [1.82, 2.24) is 0 Å². The molecule has 12 heavy (non-hydrogen) atoms. The molecule has 0 saturated heterocycles. The molecule has 0 aromatic heterocycles. The molecular weight excluding hydrogens is 148 g/mol. The summed E-state index contributed by atoms with van der Waals surface area (Å²) in [5.41, 5.74) is 0. The fraction of sp³-hybridized carbons (Fsp3) is 0.909. The molecule has 2 bridgehead atoms. The van der Waals surface area contributed by atoms with Gasteiger partial charge in [-0.2, -0.15) is 0 Å². The summed E-state index contributed by atoms with van der Waals surface area (Å²) in [6.07, 6.45) is 8.11. The van der Waals surface area contributed by atoms with Crippen molar-refractivity contribution < 1.29 is 4.79 Å². The minimum absolute atomic E-state index is 0.434. The summed E-state index contributed by atoms with van der Waals surface area (Å²) in [5, 5.41) is 0. The topological polar surface area (TPSA) is 17.1 Å². The molecule has 0 aromatic rings. The Morgan fingerprint density at radius 2 is 1.50 bits per heavy atom. The third kappa shape index (κ3) is 0.773. The van der Waals surface area contributed by atoms with Gasteiger partial charge in [0.2, 0.25) is 0 Å². The second-order valence-corrected chi connectivity index (χ2v) is 5.03. The van der Waals surface area contributed by atoms with Gasteiger partial charge in [-0.3, -0.25) is 0 Å². The molecule has 5 atom stereocenters. The van der Waals surface area contributed by atoms with E-state index in [1.54, 1.807) is 0 Å². The predicted molar refractivity (Wildman–Crippen MR) is 46.6 cm³/mol. The summed E-state index contributed by atoms with van der Waals surface area (Å²) in [6, 6.07) is 0. The number of rotatable bonds is 1. The van der Waals surface area contributed by atoms with Crippen molar-refractivity contribution in [3.63, 3.8) is 0 Å². The van der Waals surface area contributed by atoms with Crippen molar-refractivity contribution in [2.45, 2.75) is 32.1 Å². The van der Waals surface area contributed by atoms with Gasteiger partial charge in [0.1, 0.15) is 6.29 Å². The number of fused-ring (bicyclic) bond motifs is 5. The van der Waals surface area contributed by atoms with Gasteiger partial charge in [0.15, 0.2) is 0 Å². The molecule has 1 heteroatoms. The lowest BCUT2D eigenvalue weighted by Crippen LogP contribution is -2.15. The standard InChI is InChI=1S/C11H16O/c12-6-7-3-10-8-1-2-9(5-8)11(10)4-7/h6-11H,1-5H2/t7?,8-,9+,10-,11-/m1/s1. The first-order valence-corrected chi connectivity index (χ1v) is 5.34. The zero-order valence-corrected chi connectivity index (χ0v) is 7.41. The zero-order valence-electron chi connectivity index (χ0n) is 7.41. The van der Waals surface area contributed by atoms with Crippen molar-refractivity contribution in [2.24, 2.45) is 29.6 Å². The Balaban J connectivity index is 1.82. The van der Waals surface area contributed by atoms with Gasteiger partial charge in [-0.1, -0.05) is 0 Å². The van der Waals surface area contributed by atoms with Crippen molar-refractivity contribution in [3.8, 4) is 0 Å². The Morgan fingerprint density at radius 1 is 0.917 bits per heavy atom. The monoisotopic (exact) mass is 164 g/mol. The van der Waals surface area contributed by atoms with E-state index in [9.17, 15) is 4.79 Å². The van der Waals surface area contributed by atoms with Crippen LogP contribution in [0.1, 0.15) is 32.1 Å². The molecule has 3 saturated carbocycles. The highest BCUT2D eigenvalue weighted by Gasteiger charge is 2.51. The maximum atomic E-state index is 10.7. The molecule has 1 nitrogen and oxygen atoms in total. The third-order valence-corrected chi connectivity index (χ3v) is 4.62. The van der Waals surface area contributed by atoms with Crippen molar-refractivity contribution in [2.75, 3.05) is 0 Å². The highest BCUT2D eigenvalue weighted by Crippen LogP contribution is 2.59. The average molecular weight is 164 g/mol. The quantitative estimate of drug-likeness (QED) is 0.543. The van der Waals surface area contributed by atoms with Gasteiger partial charge in [0.25, 0.3) is 0 Å². The van der Waals surface area contributed by atoms with E-state index >= 15 is 0 Å². The minimum atomic E-state index is 0.434. The molecule has 3 aliphatic rings. The number of hydrogen-bond donors (Lipinski definition) is 0. The van der Waals surface area contributed by atoms with Crippen LogP contribution in [0, 0.1) is 29.6 Å². The van der Waals surface area contributed by atoms with Gasteiger partial charge < -0.3 is 4.79 Å². The number of aldehydes is 1. The van der Waals surface area contributed by atoms with Crippen LogP contribution < -0.4 is 0 Å². The number of carbonyl (C=O) groups excluding carboxylic acids is 1. The van der Waals surface area contributed by atoms with E-state index in [2.05, 4.69) is 0 Å². The van der Waals surface area contributed by atoms with Crippen LogP contribution in [-0.2, 0) is 4.79 Å². The lowest BCUT2D eigenvalue weighted by Gasteiger charge is -2.23. The van der Waals surface area contributed by atoms with Crippen molar-refractivity contribution in [3.05, 3.63) is 0 Å². The first-order chi connectivity index (χ1) is 5.88. The van der Waals surface area contributed by atoms with E-state index in [-0.39, 0.29) is 0 Å². The first kappa shape index (κ1) is 7.11. The minimum Gasteiger partial charge on any atom is -0.303 e. The average Bonchev–Trinajstić information content (AvgIpc) is 2.75. The van der Waals surface area contributed by atoms with Gasteiger partial charge in [-0.25, -0.2) is 0 Å². The Bertz CT molecular complexity index is 193. The smallest absolute Gasteiger partial charge is 0.123 e. The predicted octanol–water partition coefficient (Wildman–Crippen LogP) is 2.26. The highest BCUT2D eigenvalue weighted by molar-refractivity contribution is 5.54. The van der Waals surface area contributed by atoms with E-state index in [4.69, 9.17) is 0 Å². The fourth-order valence-electron chi connectivity index (χ4n) is 4.17. The van der Waals surface area contributed by atoms with Gasteiger partial charge in [-0.15, -0.1) is 0 Å². The highest BCUT2D eigenvalue weighted by atomic mass is 16.1. The largest absolute Gasteiger partial charge is 0.303 e. The van der Waals surface area contributed by atoms with Gasteiger partial charge in [-0.05, 0) is 55.8 Å². The van der Waals surface area contributed by atoms with E-state index in [0.717, 1.165) is 23.7 Å². The molecule has 3 fully saturated rings. The summed E-state index contributed by atoms with van der Waals surface area (Å²) in [5.74, 6) is 4.39. The van der Waals surface area contributed by atoms with Crippen LogP contribution in [0.3, 0.4) is 0 Å². The van der Waals surface area contributed by atoms with Gasteiger partial charge in [0, 0.05) is 5.92 Å². The maximum Gasteiger partial charge on any atom is 0.123 e. The van der Waals surface area contributed by atoms with Gasteiger partial charge in [0.05, 0.1) is 0 Å². The van der Waals surface area contributed by atoms with Crippen LogP contribution >= 0.6 is 0 Å². The molecular formula is C11H16O. The van der Waals surface area contributed by atoms with Crippen molar-refractivity contribution >= 4 is 6.29 Å². The zero-order chi connectivity index (χ0) is 8.13. The van der Waals surface area contributed by atoms with Crippen LogP contribution in [0.15, 0.2) is 0 Å². The molecule has 1 unspecified atom stereocenters. The van der Waals surface area contributed by atoms with Crippen LogP contribution in [0.4, 0.5) is 0 Å². The molecule has 3 aliphatic carbocycles. The van der Waals surface area contributed by atoms with Crippen LogP contribution in [0.25, 0.3) is 0 Å². The molecule has 3 rings (SSSR count).